The van der Waals surface area contributed by atoms with Gasteiger partial charge in [-0.25, -0.2) is 4.98 Å². The minimum Gasteiger partial charge on any atom is -0.323 e. The third-order valence-electron chi connectivity index (χ3n) is 3.79. The molecule has 0 radical (unpaired) electrons. The number of fused-ring (bicyclic) bond motifs is 1. The summed E-state index contributed by atoms with van der Waals surface area (Å²) in [5.41, 5.74) is 5.00. The van der Waals surface area contributed by atoms with E-state index in [1.807, 2.05) is 0 Å². The van der Waals surface area contributed by atoms with Crippen molar-refractivity contribution in [2.45, 2.75) is 33.2 Å². The molecule has 2 heteroatoms. The van der Waals surface area contributed by atoms with Crippen molar-refractivity contribution in [2.75, 3.05) is 0 Å². The van der Waals surface area contributed by atoms with Gasteiger partial charge in [0.25, 0.3) is 0 Å². The molecule has 0 saturated carbocycles. The predicted octanol–water partition coefficient (Wildman–Crippen LogP) is 4.52. The van der Waals surface area contributed by atoms with E-state index < -0.39 is 0 Å². The van der Waals surface area contributed by atoms with Gasteiger partial charge in [-0.3, -0.25) is 0 Å². The van der Waals surface area contributed by atoms with Crippen molar-refractivity contribution >= 4 is 11.0 Å². The summed E-state index contributed by atoms with van der Waals surface area (Å²) in [5.74, 6) is 1.58. The topological polar surface area (TPSA) is 17.8 Å². The molecule has 1 heterocycles. The standard InChI is InChI=1S/C18H20N2/c1-13(2)18-19-16-10-6-7-11-17(16)20(18)12-15-9-5-4-8-14(15)3/h4-11,13H,12H2,1-3H3. The highest BCUT2D eigenvalue weighted by Gasteiger charge is 2.13. The van der Waals surface area contributed by atoms with Crippen molar-refractivity contribution in [1.29, 1.82) is 0 Å². The van der Waals surface area contributed by atoms with E-state index in [4.69, 9.17) is 4.98 Å². The molecule has 0 aliphatic heterocycles. The molecule has 0 bridgehead atoms. The lowest BCUT2D eigenvalue weighted by molar-refractivity contribution is 0.682. The van der Waals surface area contributed by atoms with E-state index in [9.17, 15) is 0 Å². The zero-order valence-corrected chi connectivity index (χ0v) is 12.3. The quantitative estimate of drug-likeness (QED) is 0.680. The summed E-state index contributed by atoms with van der Waals surface area (Å²) in [6, 6.07) is 17.0. The highest BCUT2D eigenvalue weighted by Crippen LogP contribution is 2.23. The molecule has 102 valence electrons. The number of rotatable bonds is 3. The first-order valence-corrected chi connectivity index (χ1v) is 7.16. The van der Waals surface area contributed by atoms with Crippen molar-refractivity contribution in [1.82, 2.24) is 9.55 Å². The molecule has 2 aromatic carbocycles. The number of aryl methyl sites for hydroxylation is 1. The molecule has 0 spiro atoms. The van der Waals surface area contributed by atoms with Crippen molar-refractivity contribution < 1.29 is 0 Å². The minimum atomic E-state index is 0.423. The van der Waals surface area contributed by atoms with Crippen molar-refractivity contribution in [2.24, 2.45) is 0 Å². The second-order valence-corrected chi connectivity index (χ2v) is 5.63. The van der Waals surface area contributed by atoms with Gasteiger partial charge in [0.1, 0.15) is 5.82 Å². The zero-order chi connectivity index (χ0) is 14.1. The monoisotopic (exact) mass is 264 g/mol. The van der Waals surface area contributed by atoms with Crippen LogP contribution in [0.2, 0.25) is 0 Å². The summed E-state index contributed by atoms with van der Waals surface area (Å²) >= 11 is 0. The van der Waals surface area contributed by atoms with Crippen LogP contribution in [-0.4, -0.2) is 9.55 Å². The van der Waals surface area contributed by atoms with Gasteiger partial charge in [-0.05, 0) is 30.2 Å². The number of para-hydroxylation sites is 2. The molecular weight excluding hydrogens is 244 g/mol. The number of aromatic nitrogens is 2. The summed E-state index contributed by atoms with van der Waals surface area (Å²) in [7, 11) is 0. The fourth-order valence-corrected chi connectivity index (χ4v) is 2.66. The third-order valence-corrected chi connectivity index (χ3v) is 3.79. The number of hydrogen-bond donors (Lipinski definition) is 0. The first-order valence-electron chi connectivity index (χ1n) is 7.16. The first kappa shape index (κ1) is 12.9. The van der Waals surface area contributed by atoms with Crippen LogP contribution in [0.1, 0.15) is 36.7 Å². The number of hydrogen-bond acceptors (Lipinski definition) is 1. The second kappa shape index (κ2) is 5.12. The molecule has 0 N–H and O–H groups in total. The lowest BCUT2D eigenvalue weighted by Gasteiger charge is -2.13. The Morgan fingerprint density at radius 2 is 1.70 bits per heavy atom. The third kappa shape index (κ3) is 2.22. The van der Waals surface area contributed by atoms with Crippen LogP contribution in [0, 0.1) is 6.92 Å². The van der Waals surface area contributed by atoms with E-state index in [1.165, 1.54) is 16.6 Å². The Morgan fingerprint density at radius 3 is 2.45 bits per heavy atom. The van der Waals surface area contributed by atoms with Gasteiger partial charge in [-0.15, -0.1) is 0 Å². The van der Waals surface area contributed by atoms with Crippen molar-refractivity contribution in [3.63, 3.8) is 0 Å². The average molecular weight is 264 g/mol. The minimum absolute atomic E-state index is 0.423. The molecule has 0 aliphatic carbocycles. The maximum absolute atomic E-state index is 4.80. The Morgan fingerprint density at radius 1 is 1.00 bits per heavy atom. The molecule has 1 aromatic heterocycles. The molecule has 0 atom stereocenters. The van der Waals surface area contributed by atoms with Crippen LogP contribution >= 0.6 is 0 Å². The predicted molar refractivity (Wildman–Crippen MR) is 84.1 cm³/mol. The summed E-state index contributed by atoms with van der Waals surface area (Å²) in [4.78, 5) is 4.80. The number of imidazole rings is 1. The van der Waals surface area contributed by atoms with Crippen LogP contribution in [0.25, 0.3) is 11.0 Å². The Bertz CT molecular complexity index is 738. The highest BCUT2D eigenvalue weighted by molar-refractivity contribution is 5.76. The van der Waals surface area contributed by atoms with E-state index in [-0.39, 0.29) is 0 Å². The summed E-state index contributed by atoms with van der Waals surface area (Å²) < 4.78 is 2.35. The van der Waals surface area contributed by atoms with Gasteiger partial charge in [0.15, 0.2) is 0 Å². The fraction of sp³-hybridized carbons (Fsp3) is 0.278. The van der Waals surface area contributed by atoms with Gasteiger partial charge in [-0.1, -0.05) is 50.2 Å². The van der Waals surface area contributed by atoms with Gasteiger partial charge in [0.2, 0.25) is 0 Å². The van der Waals surface area contributed by atoms with Gasteiger partial charge in [-0.2, -0.15) is 0 Å². The van der Waals surface area contributed by atoms with E-state index in [0.29, 0.717) is 5.92 Å². The molecule has 3 aromatic rings. The molecule has 20 heavy (non-hydrogen) atoms. The van der Waals surface area contributed by atoms with E-state index in [0.717, 1.165) is 17.9 Å². The van der Waals surface area contributed by atoms with E-state index in [2.05, 4.69) is 73.9 Å². The molecule has 3 rings (SSSR count). The second-order valence-electron chi connectivity index (χ2n) is 5.63. The summed E-state index contributed by atoms with van der Waals surface area (Å²) in [6.45, 7) is 7.47. The van der Waals surface area contributed by atoms with Crippen LogP contribution in [-0.2, 0) is 6.54 Å². The van der Waals surface area contributed by atoms with Crippen LogP contribution in [0.15, 0.2) is 48.5 Å². The Hall–Kier alpha value is -2.09. The van der Waals surface area contributed by atoms with E-state index in [1.54, 1.807) is 0 Å². The van der Waals surface area contributed by atoms with Crippen LogP contribution in [0.3, 0.4) is 0 Å². The highest BCUT2D eigenvalue weighted by atomic mass is 15.1. The smallest absolute Gasteiger partial charge is 0.112 e. The zero-order valence-electron chi connectivity index (χ0n) is 12.3. The maximum atomic E-state index is 4.80. The number of benzene rings is 2. The van der Waals surface area contributed by atoms with Crippen molar-refractivity contribution in [3.05, 3.63) is 65.5 Å². The molecule has 0 fully saturated rings. The molecular formula is C18H20N2. The molecule has 2 nitrogen and oxygen atoms in total. The van der Waals surface area contributed by atoms with Crippen LogP contribution in [0.4, 0.5) is 0 Å². The Kier molecular flexibility index (Phi) is 3.31. The van der Waals surface area contributed by atoms with Crippen LogP contribution in [0.5, 0.6) is 0 Å². The molecule has 0 saturated heterocycles. The summed E-state index contributed by atoms with van der Waals surface area (Å²) in [6.07, 6.45) is 0. The SMILES string of the molecule is Cc1ccccc1Cn1c(C(C)C)nc2ccccc21. The summed E-state index contributed by atoms with van der Waals surface area (Å²) in [5, 5.41) is 0. The lowest BCUT2D eigenvalue weighted by atomic mass is 10.1. The largest absolute Gasteiger partial charge is 0.323 e. The average Bonchev–Trinajstić information content (AvgIpc) is 2.81. The molecule has 0 unspecified atom stereocenters. The maximum Gasteiger partial charge on any atom is 0.112 e. The van der Waals surface area contributed by atoms with Gasteiger partial charge in [0.05, 0.1) is 11.0 Å². The Balaban J connectivity index is 2.14. The Labute approximate surface area is 120 Å². The van der Waals surface area contributed by atoms with E-state index >= 15 is 0 Å². The van der Waals surface area contributed by atoms with Gasteiger partial charge < -0.3 is 4.57 Å². The first-order chi connectivity index (χ1) is 9.66. The fourth-order valence-electron chi connectivity index (χ4n) is 2.66. The lowest BCUT2D eigenvalue weighted by Crippen LogP contribution is -2.07. The van der Waals surface area contributed by atoms with Crippen LogP contribution < -0.4 is 0 Å². The van der Waals surface area contributed by atoms with Gasteiger partial charge in [0, 0.05) is 12.5 Å². The molecule has 0 amide bonds. The normalized spacial score (nSPS) is 11.4. The van der Waals surface area contributed by atoms with Gasteiger partial charge >= 0.3 is 0 Å². The molecule has 0 aliphatic rings. The number of nitrogens with zero attached hydrogens (tertiary/aromatic N) is 2. The van der Waals surface area contributed by atoms with Crippen molar-refractivity contribution in [3.8, 4) is 0 Å².